The highest BCUT2D eigenvalue weighted by atomic mass is 127. The van der Waals surface area contributed by atoms with Crippen LogP contribution in [0.2, 0.25) is 5.02 Å². The largest absolute Gasteiger partial charge is 0.394 e. The van der Waals surface area contributed by atoms with Crippen molar-refractivity contribution in [3.05, 3.63) is 23.3 Å². The molecule has 11 nitrogen and oxygen atoms in total. The van der Waals surface area contributed by atoms with Gasteiger partial charge in [0.25, 0.3) is 17.7 Å². The molecule has 0 spiro atoms. The summed E-state index contributed by atoms with van der Waals surface area (Å²) in [6.45, 7) is -1.000. The first-order valence-corrected chi connectivity index (χ1v) is 11.3. The predicted octanol–water partition coefficient (Wildman–Crippen LogP) is -0.966. The van der Waals surface area contributed by atoms with Crippen LogP contribution in [0.25, 0.3) is 0 Å². The third kappa shape index (κ3) is 7.08. The van der Waals surface area contributed by atoms with Gasteiger partial charge in [0.2, 0.25) is 0 Å². The third-order valence-electron chi connectivity index (χ3n) is 3.95. The van der Waals surface area contributed by atoms with E-state index in [1.54, 1.807) is 45.2 Å². The van der Waals surface area contributed by atoms with E-state index in [1.165, 1.54) is 6.92 Å². The number of rotatable bonds is 10. The maximum atomic E-state index is 12.8. The van der Waals surface area contributed by atoms with Gasteiger partial charge < -0.3 is 41.5 Å². The Hall–Kier alpha value is -0.820. The first kappa shape index (κ1) is 28.2. The van der Waals surface area contributed by atoms with Gasteiger partial charge in [0.15, 0.2) is 0 Å². The molecule has 1 atom stereocenters. The number of benzene rings is 1. The standard InChI is InChI=1S/C17H22ClI2N3O8/c1-6(28)15(29)23-14-11(18)9(16(30)21-7(2-24)3-25)12(19)10(13(14)20)17(31)22-8(4-26)5-27/h6-8,24-28H,2-5H2,1H3,(H,21,30)(H,22,31)(H,23,29)/t6-/m0/s1. The van der Waals surface area contributed by atoms with E-state index in [2.05, 4.69) is 16.0 Å². The van der Waals surface area contributed by atoms with Crippen LogP contribution in [-0.2, 0) is 4.79 Å². The summed E-state index contributed by atoms with van der Waals surface area (Å²) < 4.78 is 0.229. The van der Waals surface area contributed by atoms with Gasteiger partial charge in [0.05, 0.1) is 63.9 Å². The minimum absolute atomic E-state index is 0.0758. The smallest absolute Gasteiger partial charge is 0.254 e. The molecule has 0 aliphatic rings. The van der Waals surface area contributed by atoms with Crippen LogP contribution < -0.4 is 16.0 Å². The van der Waals surface area contributed by atoms with Crippen molar-refractivity contribution in [3.8, 4) is 0 Å². The number of hydrogen-bond donors (Lipinski definition) is 8. The summed E-state index contributed by atoms with van der Waals surface area (Å²) in [6.07, 6.45) is -1.41. The van der Waals surface area contributed by atoms with Crippen molar-refractivity contribution >= 4 is 80.2 Å². The van der Waals surface area contributed by atoms with E-state index < -0.39 is 62.3 Å². The number of aliphatic hydroxyl groups excluding tert-OH is 5. The molecule has 0 aliphatic carbocycles. The molecule has 0 saturated carbocycles. The van der Waals surface area contributed by atoms with Crippen LogP contribution >= 0.6 is 56.8 Å². The molecule has 8 N–H and O–H groups in total. The molecule has 14 heteroatoms. The molecular weight excluding hydrogens is 663 g/mol. The Balaban J connectivity index is 3.66. The zero-order valence-corrected chi connectivity index (χ0v) is 21.2. The minimum atomic E-state index is -1.41. The Morgan fingerprint density at radius 1 is 0.871 bits per heavy atom. The van der Waals surface area contributed by atoms with E-state index in [9.17, 15) is 39.9 Å². The maximum absolute atomic E-state index is 12.8. The molecule has 0 unspecified atom stereocenters. The van der Waals surface area contributed by atoms with E-state index in [0.717, 1.165) is 0 Å². The second kappa shape index (κ2) is 13.0. The Morgan fingerprint density at radius 2 is 1.29 bits per heavy atom. The number of halogens is 3. The minimum Gasteiger partial charge on any atom is -0.394 e. The van der Waals surface area contributed by atoms with Crippen molar-refractivity contribution in [1.82, 2.24) is 10.6 Å². The van der Waals surface area contributed by atoms with Gasteiger partial charge >= 0.3 is 0 Å². The van der Waals surface area contributed by atoms with Crippen LogP contribution in [0, 0.1) is 7.14 Å². The quantitative estimate of drug-likeness (QED) is 0.145. The van der Waals surface area contributed by atoms with Crippen molar-refractivity contribution in [3.63, 3.8) is 0 Å². The van der Waals surface area contributed by atoms with Gasteiger partial charge in [-0.2, -0.15) is 0 Å². The normalized spacial score (nSPS) is 12.1. The second-order valence-electron chi connectivity index (χ2n) is 6.30. The highest BCUT2D eigenvalue weighted by Gasteiger charge is 2.30. The topological polar surface area (TPSA) is 188 Å². The van der Waals surface area contributed by atoms with Gasteiger partial charge in [-0.25, -0.2) is 0 Å². The molecule has 0 saturated heterocycles. The molecule has 1 aromatic carbocycles. The van der Waals surface area contributed by atoms with Crippen LogP contribution in [0.5, 0.6) is 0 Å². The lowest BCUT2D eigenvalue weighted by Gasteiger charge is -2.22. The highest BCUT2D eigenvalue weighted by Crippen LogP contribution is 2.38. The highest BCUT2D eigenvalue weighted by molar-refractivity contribution is 14.1. The van der Waals surface area contributed by atoms with E-state index in [1.807, 2.05) is 0 Å². The van der Waals surface area contributed by atoms with Crippen LogP contribution in [-0.4, -0.2) is 87.9 Å². The molecule has 1 aromatic rings. The SMILES string of the molecule is C[C@H](O)C(=O)Nc1c(Cl)c(C(=O)NC(CO)CO)c(I)c(C(=O)NC(CO)CO)c1I. The van der Waals surface area contributed by atoms with Crippen molar-refractivity contribution in [2.45, 2.75) is 25.1 Å². The molecule has 0 aromatic heterocycles. The number of aliphatic hydroxyl groups is 5. The van der Waals surface area contributed by atoms with Crippen LogP contribution in [0.15, 0.2) is 0 Å². The summed E-state index contributed by atoms with van der Waals surface area (Å²) in [4.78, 5) is 37.7. The van der Waals surface area contributed by atoms with Gasteiger partial charge in [-0.1, -0.05) is 11.6 Å². The average Bonchev–Trinajstić information content (AvgIpc) is 2.72. The fourth-order valence-electron chi connectivity index (χ4n) is 2.21. The molecule has 0 bridgehead atoms. The summed E-state index contributed by atoms with van der Waals surface area (Å²) in [5.74, 6) is -2.44. The number of anilines is 1. The Kier molecular flexibility index (Phi) is 11.9. The maximum Gasteiger partial charge on any atom is 0.254 e. The first-order valence-electron chi connectivity index (χ1n) is 8.78. The molecule has 0 heterocycles. The van der Waals surface area contributed by atoms with E-state index in [0.29, 0.717) is 0 Å². The lowest BCUT2D eigenvalue weighted by atomic mass is 10.1. The molecule has 3 amide bonds. The fourth-order valence-corrected chi connectivity index (χ4v) is 5.32. The number of carbonyl (C=O) groups is 3. The van der Waals surface area contributed by atoms with Gasteiger partial charge in [-0.05, 0) is 52.1 Å². The number of hydrogen-bond acceptors (Lipinski definition) is 8. The summed E-state index contributed by atoms with van der Waals surface area (Å²) in [5.41, 5.74) is -0.406. The molecule has 1 rings (SSSR count). The Labute approximate surface area is 209 Å². The predicted molar refractivity (Wildman–Crippen MR) is 128 cm³/mol. The van der Waals surface area contributed by atoms with Crippen molar-refractivity contribution in [2.24, 2.45) is 0 Å². The van der Waals surface area contributed by atoms with Crippen molar-refractivity contribution in [1.29, 1.82) is 0 Å². The number of carbonyl (C=O) groups excluding carboxylic acids is 3. The summed E-state index contributed by atoms with van der Waals surface area (Å²) in [6, 6.07) is -1.98. The summed E-state index contributed by atoms with van der Waals surface area (Å²) >= 11 is 9.80. The fraction of sp³-hybridized carbons (Fsp3) is 0.471. The number of nitrogens with one attached hydrogen (secondary N) is 3. The molecule has 31 heavy (non-hydrogen) atoms. The first-order chi connectivity index (χ1) is 14.5. The van der Waals surface area contributed by atoms with Crippen LogP contribution in [0.1, 0.15) is 27.6 Å². The van der Waals surface area contributed by atoms with E-state index in [4.69, 9.17) is 11.6 Å². The zero-order valence-electron chi connectivity index (χ0n) is 16.2. The molecule has 174 valence electrons. The van der Waals surface area contributed by atoms with Gasteiger partial charge in [-0.15, -0.1) is 0 Å². The second-order valence-corrected chi connectivity index (χ2v) is 8.84. The Bertz CT molecular complexity index is 779. The van der Waals surface area contributed by atoms with E-state index >= 15 is 0 Å². The zero-order chi connectivity index (χ0) is 23.9. The van der Waals surface area contributed by atoms with Gasteiger partial charge in [0.1, 0.15) is 6.10 Å². The Morgan fingerprint density at radius 3 is 1.68 bits per heavy atom. The van der Waals surface area contributed by atoms with Gasteiger partial charge in [0, 0.05) is 3.57 Å². The molecule has 0 fully saturated rings. The van der Waals surface area contributed by atoms with Crippen LogP contribution in [0.4, 0.5) is 5.69 Å². The summed E-state index contributed by atoms with van der Waals surface area (Å²) in [7, 11) is 0. The number of amides is 3. The van der Waals surface area contributed by atoms with Crippen molar-refractivity contribution in [2.75, 3.05) is 31.7 Å². The molecule has 0 aliphatic heterocycles. The molecule has 0 radical (unpaired) electrons. The van der Waals surface area contributed by atoms with E-state index in [-0.39, 0.29) is 29.0 Å². The lowest BCUT2D eigenvalue weighted by Crippen LogP contribution is -2.42. The summed E-state index contributed by atoms with van der Waals surface area (Å²) in [5, 5.41) is 53.4. The lowest BCUT2D eigenvalue weighted by molar-refractivity contribution is -0.123. The van der Waals surface area contributed by atoms with Crippen molar-refractivity contribution < 1.29 is 39.9 Å². The third-order valence-corrected chi connectivity index (χ3v) is 6.49. The average molecular weight is 686 g/mol. The van der Waals surface area contributed by atoms with Crippen LogP contribution in [0.3, 0.4) is 0 Å². The molecular formula is C17H22ClI2N3O8. The monoisotopic (exact) mass is 685 g/mol. The van der Waals surface area contributed by atoms with Gasteiger partial charge in [-0.3, -0.25) is 14.4 Å².